The van der Waals surface area contributed by atoms with Gasteiger partial charge in [0.1, 0.15) is 0 Å². The Labute approximate surface area is 108 Å². The van der Waals surface area contributed by atoms with Gasteiger partial charge in [0.2, 0.25) is 5.91 Å². The second-order valence-electron chi connectivity index (χ2n) is 4.89. The van der Waals surface area contributed by atoms with Crippen LogP contribution in [0.1, 0.15) is 25.8 Å². The monoisotopic (exact) mass is 247 g/mol. The fraction of sp³-hybridized carbons (Fsp3) is 0.500. The van der Waals surface area contributed by atoms with Crippen molar-refractivity contribution in [2.75, 3.05) is 23.7 Å². The van der Waals surface area contributed by atoms with Crippen LogP contribution in [0.15, 0.2) is 18.2 Å². The van der Waals surface area contributed by atoms with Gasteiger partial charge in [0, 0.05) is 29.5 Å². The summed E-state index contributed by atoms with van der Waals surface area (Å²) in [6.07, 6.45) is 1.88. The molecule has 4 nitrogen and oxygen atoms in total. The van der Waals surface area contributed by atoms with Crippen molar-refractivity contribution in [2.45, 2.75) is 32.7 Å². The van der Waals surface area contributed by atoms with Crippen molar-refractivity contribution in [2.24, 2.45) is 0 Å². The summed E-state index contributed by atoms with van der Waals surface area (Å²) in [5.74, 6) is 0.0830. The summed E-state index contributed by atoms with van der Waals surface area (Å²) in [7, 11) is 0. The Bertz CT molecular complexity index is 445. The number of rotatable bonds is 4. The van der Waals surface area contributed by atoms with Crippen LogP contribution in [-0.2, 0) is 11.2 Å². The standard InChI is InChI=1S/C14H21N3O/c1-3-10(2)16-14(18)9-17-8-7-11-12(15)5-4-6-13(11)17/h4-6,10H,3,7-9,15H2,1-2H3,(H,16,18). The number of carbonyl (C=O) groups is 1. The van der Waals surface area contributed by atoms with E-state index in [1.807, 2.05) is 25.1 Å². The highest BCUT2D eigenvalue weighted by molar-refractivity contribution is 5.83. The number of hydrogen-bond donors (Lipinski definition) is 2. The van der Waals surface area contributed by atoms with Gasteiger partial charge in [-0.2, -0.15) is 0 Å². The van der Waals surface area contributed by atoms with Gasteiger partial charge in [-0.05, 0) is 31.9 Å². The molecule has 3 N–H and O–H groups in total. The summed E-state index contributed by atoms with van der Waals surface area (Å²) < 4.78 is 0. The van der Waals surface area contributed by atoms with E-state index in [1.54, 1.807) is 0 Å². The molecule has 2 rings (SSSR count). The van der Waals surface area contributed by atoms with Crippen LogP contribution in [0.5, 0.6) is 0 Å². The van der Waals surface area contributed by atoms with Crippen molar-refractivity contribution in [3.63, 3.8) is 0 Å². The topological polar surface area (TPSA) is 58.4 Å². The van der Waals surface area contributed by atoms with E-state index >= 15 is 0 Å². The highest BCUT2D eigenvalue weighted by Gasteiger charge is 2.22. The third-order valence-corrected chi connectivity index (χ3v) is 3.51. The molecule has 1 aliphatic heterocycles. The van der Waals surface area contributed by atoms with Crippen LogP contribution in [0, 0.1) is 0 Å². The van der Waals surface area contributed by atoms with Crippen LogP contribution in [0.2, 0.25) is 0 Å². The molecule has 1 aliphatic rings. The van der Waals surface area contributed by atoms with Crippen LogP contribution >= 0.6 is 0 Å². The first-order valence-electron chi connectivity index (χ1n) is 6.53. The van der Waals surface area contributed by atoms with E-state index in [2.05, 4.69) is 17.1 Å². The summed E-state index contributed by atoms with van der Waals surface area (Å²) in [5.41, 5.74) is 9.05. The van der Waals surface area contributed by atoms with Gasteiger partial charge >= 0.3 is 0 Å². The van der Waals surface area contributed by atoms with Gasteiger partial charge in [-0.15, -0.1) is 0 Å². The second-order valence-corrected chi connectivity index (χ2v) is 4.89. The van der Waals surface area contributed by atoms with Crippen molar-refractivity contribution >= 4 is 17.3 Å². The van der Waals surface area contributed by atoms with Crippen LogP contribution in [0.4, 0.5) is 11.4 Å². The van der Waals surface area contributed by atoms with Gasteiger partial charge < -0.3 is 16.0 Å². The van der Waals surface area contributed by atoms with E-state index in [-0.39, 0.29) is 11.9 Å². The first kappa shape index (κ1) is 12.7. The number of nitrogens with one attached hydrogen (secondary N) is 1. The molecule has 1 aromatic rings. The third-order valence-electron chi connectivity index (χ3n) is 3.51. The molecule has 4 heteroatoms. The SMILES string of the molecule is CCC(C)NC(=O)CN1CCc2c(N)cccc21. The summed E-state index contributed by atoms with van der Waals surface area (Å²) in [6.45, 7) is 5.38. The number of benzene rings is 1. The Kier molecular flexibility index (Phi) is 3.75. The molecule has 1 amide bonds. The third kappa shape index (κ3) is 2.58. The lowest BCUT2D eigenvalue weighted by Crippen LogP contribution is -2.40. The summed E-state index contributed by atoms with van der Waals surface area (Å²) in [5, 5.41) is 2.99. The molecule has 0 radical (unpaired) electrons. The molecule has 18 heavy (non-hydrogen) atoms. The number of nitrogens with zero attached hydrogens (tertiary/aromatic N) is 1. The second kappa shape index (κ2) is 5.29. The fourth-order valence-corrected chi connectivity index (χ4v) is 2.29. The van der Waals surface area contributed by atoms with Gasteiger partial charge in [0.05, 0.1) is 6.54 Å². The van der Waals surface area contributed by atoms with Gasteiger partial charge in [-0.1, -0.05) is 13.0 Å². The average molecular weight is 247 g/mol. The maximum atomic E-state index is 11.9. The lowest BCUT2D eigenvalue weighted by atomic mass is 10.1. The number of carbonyl (C=O) groups excluding carboxylic acids is 1. The molecule has 0 fully saturated rings. The van der Waals surface area contributed by atoms with Crippen molar-refractivity contribution in [1.82, 2.24) is 5.32 Å². The number of nitrogen functional groups attached to an aromatic ring is 1. The summed E-state index contributed by atoms with van der Waals surface area (Å²) in [6, 6.07) is 6.14. The molecule has 1 aromatic carbocycles. The number of fused-ring (bicyclic) bond motifs is 1. The molecule has 1 unspecified atom stereocenters. The number of hydrogen-bond acceptors (Lipinski definition) is 3. The minimum atomic E-state index is 0.0830. The number of anilines is 2. The van der Waals surface area contributed by atoms with Crippen molar-refractivity contribution in [1.29, 1.82) is 0 Å². The van der Waals surface area contributed by atoms with Crippen LogP contribution < -0.4 is 16.0 Å². The minimum Gasteiger partial charge on any atom is -0.398 e. The van der Waals surface area contributed by atoms with Crippen LogP contribution in [-0.4, -0.2) is 25.0 Å². The summed E-state index contributed by atoms with van der Waals surface area (Å²) >= 11 is 0. The zero-order valence-electron chi connectivity index (χ0n) is 11.1. The molecule has 1 heterocycles. The van der Waals surface area contributed by atoms with Gasteiger partial charge in [-0.25, -0.2) is 0 Å². The average Bonchev–Trinajstić information content (AvgIpc) is 2.74. The van der Waals surface area contributed by atoms with Crippen molar-refractivity contribution in [3.05, 3.63) is 23.8 Å². The molecule has 0 saturated heterocycles. The van der Waals surface area contributed by atoms with Gasteiger partial charge in [0.15, 0.2) is 0 Å². The maximum Gasteiger partial charge on any atom is 0.239 e. The molecular weight excluding hydrogens is 226 g/mol. The van der Waals surface area contributed by atoms with Crippen LogP contribution in [0.3, 0.4) is 0 Å². The zero-order chi connectivity index (χ0) is 13.1. The van der Waals surface area contributed by atoms with E-state index in [1.165, 1.54) is 5.56 Å². The first-order valence-corrected chi connectivity index (χ1v) is 6.53. The van der Waals surface area contributed by atoms with Crippen molar-refractivity contribution in [3.8, 4) is 0 Å². The lowest BCUT2D eigenvalue weighted by Gasteiger charge is -2.20. The summed E-state index contributed by atoms with van der Waals surface area (Å²) in [4.78, 5) is 14.0. The van der Waals surface area contributed by atoms with Crippen LogP contribution in [0.25, 0.3) is 0 Å². The smallest absolute Gasteiger partial charge is 0.239 e. The highest BCUT2D eigenvalue weighted by atomic mass is 16.2. The highest BCUT2D eigenvalue weighted by Crippen LogP contribution is 2.31. The van der Waals surface area contributed by atoms with E-state index in [0.29, 0.717) is 6.54 Å². The maximum absolute atomic E-state index is 11.9. The molecule has 0 aliphatic carbocycles. The first-order chi connectivity index (χ1) is 8.61. The van der Waals surface area contributed by atoms with E-state index < -0.39 is 0 Å². The number of nitrogens with two attached hydrogens (primary N) is 1. The molecule has 0 spiro atoms. The molecule has 0 saturated carbocycles. The van der Waals surface area contributed by atoms with E-state index in [9.17, 15) is 4.79 Å². The number of amides is 1. The van der Waals surface area contributed by atoms with Crippen molar-refractivity contribution < 1.29 is 4.79 Å². The Hall–Kier alpha value is -1.71. The molecule has 0 bridgehead atoms. The Morgan fingerprint density at radius 1 is 1.56 bits per heavy atom. The molecule has 0 aromatic heterocycles. The largest absolute Gasteiger partial charge is 0.398 e. The van der Waals surface area contributed by atoms with E-state index in [0.717, 1.165) is 30.8 Å². The predicted octanol–water partition coefficient (Wildman–Crippen LogP) is 1.55. The fourth-order valence-electron chi connectivity index (χ4n) is 2.29. The quantitative estimate of drug-likeness (QED) is 0.794. The van der Waals surface area contributed by atoms with E-state index in [4.69, 9.17) is 5.73 Å². The Balaban J connectivity index is 2.02. The molecular formula is C14H21N3O. The molecule has 98 valence electrons. The normalized spacial score (nSPS) is 15.3. The van der Waals surface area contributed by atoms with Gasteiger partial charge in [0.25, 0.3) is 0 Å². The van der Waals surface area contributed by atoms with Gasteiger partial charge in [-0.3, -0.25) is 4.79 Å². The Morgan fingerprint density at radius 3 is 3.06 bits per heavy atom. The minimum absolute atomic E-state index is 0.0830. The Morgan fingerprint density at radius 2 is 2.33 bits per heavy atom. The zero-order valence-corrected chi connectivity index (χ0v) is 11.1. The molecule has 1 atom stereocenters. The predicted molar refractivity (Wildman–Crippen MR) is 74.7 cm³/mol. The lowest BCUT2D eigenvalue weighted by molar-refractivity contribution is -0.120.